The van der Waals surface area contributed by atoms with Gasteiger partial charge in [-0.1, -0.05) is 11.6 Å². The van der Waals surface area contributed by atoms with E-state index in [1.165, 1.54) is 0 Å². The number of rotatable bonds is 4. The third-order valence-electron chi connectivity index (χ3n) is 2.81. The molecular formula is C12H11ClN6S. The third kappa shape index (κ3) is 2.63. The molecule has 0 radical (unpaired) electrons. The quantitative estimate of drug-likeness (QED) is 0.802. The van der Waals surface area contributed by atoms with Crippen LogP contribution in [0.15, 0.2) is 36.2 Å². The molecule has 0 aliphatic carbocycles. The van der Waals surface area contributed by atoms with Gasteiger partial charge in [0.15, 0.2) is 0 Å². The van der Waals surface area contributed by atoms with Crippen molar-refractivity contribution < 1.29 is 0 Å². The van der Waals surface area contributed by atoms with Crippen molar-refractivity contribution >= 4 is 28.6 Å². The molecule has 1 unspecified atom stereocenters. The lowest BCUT2D eigenvalue weighted by molar-refractivity contribution is 0.788. The molecule has 0 fully saturated rings. The predicted octanol–water partition coefficient (Wildman–Crippen LogP) is 2.95. The topological polar surface area (TPSA) is 68.5 Å². The van der Waals surface area contributed by atoms with Crippen molar-refractivity contribution in [3.63, 3.8) is 0 Å². The molecule has 0 bridgehead atoms. The zero-order valence-electron chi connectivity index (χ0n) is 10.6. The van der Waals surface area contributed by atoms with Crippen LogP contribution in [0, 0.1) is 0 Å². The van der Waals surface area contributed by atoms with Gasteiger partial charge in [0.25, 0.3) is 0 Å². The van der Waals surface area contributed by atoms with Gasteiger partial charge < -0.3 is 5.32 Å². The maximum Gasteiger partial charge on any atom is 0.143 e. The highest BCUT2D eigenvalue weighted by Crippen LogP contribution is 2.29. The smallest absolute Gasteiger partial charge is 0.143 e. The van der Waals surface area contributed by atoms with Crippen molar-refractivity contribution in [2.45, 2.75) is 13.0 Å². The van der Waals surface area contributed by atoms with Crippen LogP contribution < -0.4 is 5.32 Å². The van der Waals surface area contributed by atoms with Crippen molar-refractivity contribution in [3.05, 3.63) is 46.1 Å². The largest absolute Gasteiger partial charge is 0.376 e. The molecule has 20 heavy (non-hydrogen) atoms. The normalized spacial score (nSPS) is 12.3. The Kier molecular flexibility index (Phi) is 3.62. The SMILES string of the molecule is CC(Nc1cc(-n2cnnn2)ccc1Cl)c1cncs1. The summed E-state index contributed by atoms with van der Waals surface area (Å²) in [6.45, 7) is 2.06. The summed E-state index contributed by atoms with van der Waals surface area (Å²) in [5.74, 6) is 0. The summed E-state index contributed by atoms with van der Waals surface area (Å²) >= 11 is 7.83. The molecule has 0 amide bonds. The summed E-state index contributed by atoms with van der Waals surface area (Å²) in [4.78, 5) is 5.23. The Bertz CT molecular complexity index is 682. The molecule has 3 rings (SSSR count). The van der Waals surface area contributed by atoms with Gasteiger partial charge in [-0.15, -0.1) is 16.4 Å². The molecule has 0 saturated carbocycles. The van der Waals surface area contributed by atoms with Gasteiger partial charge in [-0.25, -0.2) is 4.68 Å². The van der Waals surface area contributed by atoms with E-state index < -0.39 is 0 Å². The summed E-state index contributed by atoms with van der Waals surface area (Å²) < 4.78 is 1.58. The van der Waals surface area contributed by atoms with Crippen LogP contribution in [-0.4, -0.2) is 25.2 Å². The second kappa shape index (κ2) is 5.56. The van der Waals surface area contributed by atoms with E-state index in [-0.39, 0.29) is 6.04 Å². The molecular weight excluding hydrogens is 296 g/mol. The summed E-state index contributed by atoms with van der Waals surface area (Å²) in [5.41, 5.74) is 3.49. The number of benzene rings is 1. The van der Waals surface area contributed by atoms with Crippen molar-refractivity contribution in [2.24, 2.45) is 0 Å². The second-order valence-electron chi connectivity index (χ2n) is 4.19. The van der Waals surface area contributed by atoms with Gasteiger partial charge in [-0.05, 0) is 35.5 Å². The molecule has 102 valence electrons. The van der Waals surface area contributed by atoms with Gasteiger partial charge in [0, 0.05) is 11.1 Å². The van der Waals surface area contributed by atoms with E-state index in [0.717, 1.165) is 16.3 Å². The van der Waals surface area contributed by atoms with Crippen LogP contribution in [0.5, 0.6) is 0 Å². The Morgan fingerprint density at radius 1 is 1.40 bits per heavy atom. The number of nitrogens with one attached hydrogen (secondary N) is 1. The first kappa shape index (κ1) is 13.0. The predicted molar refractivity (Wildman–Crippen MR) is 78.3 cm³/mol. The van der Waals surface area contributed by atoms with Crippen LogP contribution in [0.25, 0.3) is 5.69 Å². The molecule has 6 nitrogen and oxygen atoms in total. The zero-order valence-corrected chi connectivity index (χ0v) is 12.1. The molecule has 0 saturated heterocycles. The van der Waals surface area contributed by atoms with E-state index in [4.69, 9.17) is 11.6 Å². The minimum Gasteiger partial charge on any atom is -0.376 e. The maximum atomic E-state index is 6.23. The zero-order chi connectivity index (χ0) is 13.9. The van der Waals surface area contributed by atoms with Crippen molar-refractivity contribution in [1.29, 1.82) is 0 Å². The van der Waals surface area contributed by atoms with Crippen LogP contribution in [0.1, 0.15) is 17.8 Å². The molecule has 2 aromatic heterocycles. The van der Waals surface area contributed by atoms with E-state index in [1.54, 1.807) is 22.3 Å². The van der Waals surface area contributed by atoms with Crippen LogP contribution in [0.3, 0.4) is 0 Å². The summed E-state index contributed by atoms with van der Waals surface area (Å²) in [6.07, 6.45) is 3.39. The summed E-state index contributed by atoms with van der Waals surface area (Å²) in [5, 5.41) is 15.1. The molecule has 1 aromatic carbocycles. The van der Waals surface area contributed by atoms with Crippen LogP contribution in [0.4, 0.5) is 5.69 Å². The molecule has 3 aromatic rings. The van der Waals surface area contributed by atoms with Gasteiger partial charge in [0.1, 0.15) is 6.33 Å². The van der Waals surface area contributed by atoms with E-state index in [1.807, 2.05) is 29.9 Å². The number of thiazole rings is 1. The van der Waals surface area contributed by atoms with E-state index in [2.05, 4.69) is 32.7 Å². The first-order chi connectivity index (χ1) is 9.74. The lowest BCUT2D eigenvalue weighted by Crippen LogP contribution is -2.06. The van der Waals surface area contributed by atoms with Gasteiger partial charge in [0.2, 0.25) is 0 Å². The number of anilines is 1. The van der Waals surface area contributed by atoms with Crippen molar-refractivity contribution in [2.75, 3.05) is 5.32 Å². The molecule has 8 heteroatoms. The Morgan fingerprint density at radius 2 is 2.30 bits per heavy atom. The van der Waals surface area contributed by atoms with E-state index >= 15 is 0 Å². The monoisotopic (exact) mass is 306 g/mol. The van der Waals surface area contributed by atoms with E-state index in [9.17, 15) is 0 Å². The van der Waals surface area contributed by atoms with E-state index in [0.29, 0.717) is 5.02 Å². The number of halogens is 1. The maximum absolute atomic E-state index is 6.23. The molecule has 1 atom stereocenters. The highest BCUT2D eigenvalue weighted by atomic mass is 35.5. The number of hydrogen-bond donors (Lipinski definition) is 1. The number of aromatic nitrogens is 5. The van der Waals surface area contributed by atoms with Crippen molar-refractivity contribution in [3.8, 4) is 5.69 Å². The number of hydrogen-bond acceptors (Lipinski definition) is 6. The number of tetrazole rings is 1. The minimum atomic E-state index is 0.129. The first-order valence-electron chi connectivity index (χ1n) is 5.92. The second-order valence-corrected chi connectivity index (χ2v) is 5.51. The third-order valence-corrected chi connectivity index (χ3v) is 4.10. The Hall–Kier alpha value is -1.99. The molecule has 0 aliphatic rings. The Balaban J connectivity index is 1.87. The highest BCUT2D eigenvalue weighted by Gasteiger charge is 2.10. The molecule has 0 spiro atoms. The lowest BCUT2D eigenvalue weighted by atomic mass is 10.2. The molecule has 2 heterocycles. The fourth-order valence-corrected chi connectivity index (χ4v) is 2.59. The fourth-order valence-electron chi connectivity index (χ4n) is 1.79. The van der Waals surface area contributed by atoms with Gasteiger partial charge >= 0.3 is 0 Å². The summed E-state index contributed by atoms with van der Waals surface area (Å²) in [6, 6.07) is 5.72. The van der Waals surface area contributed by atoms with Crippen LogP contribution in [-0.2, 0) is 0 Å². The minimum absolute atomic E-state index is 0.129. The average molecular weight is 307 g/mol. The Morgan fingerprint density at radius 3 is 3.00 bits per heavy atom. The first-order valence-corrected chi connectivity index (χ1v) is 7.17. The van der Waals surface area contributed by atoms with Gasteiger partial charge in [0.05, 0.1) is 27.9 Å². The van der Waals surface area contributed by atoms with Crippen LogP contribution >= 0.6 is 22.9 Å². The lowest BCUT2D eigenvalue weighted by Gasteiger charge is -2.15. The van der Waals surface area contributed by atoms with Gasteiger partial charge in [-0.2, -0.15) is 0 Å². The molecule has 0 aliphatic heterocycles. The highest BCUT2D eigenvalue weighted by molar-refractivity contribution is 7.09. The van der Waals surface area contributed by atoms with Crippen LogP contribution in [0.2, 0.25) is 5.02 Å². The Labute approximate surface area is 124 Å². The molecule has 1 N–H and O–H groups in total. The standard InChI is InChI=1S/C12H11ClN6S/c1-8(12-5-14-7-20-12)16-11-4-9(2-3-10(11)13)19-6-15-17-18-19/h2-8,16H,1H3. The van der Waals surface area contributed by atoms with Crippen molar-refractivity contribution in [1.82, 2.24) is 25.2 Å². The average Bonchev–Trinajstić information content (AvgIpc) is 3.14. The number of nitrogens with zero attached hydrogens (tertiary/aromatic N) is 5. The van der Waals surface area contributed by atoms with Gasteiger partial charge in [-0.3, -0.25) is 4.98 Å². The summed E-state index contributed by atoms with van der Waals surface area (Å²) in [7, 11) is 0. The fraction of sp³-hybridized carbons (Fsp3) is 0.167.